The van der Waals surface area contributed by atoms with Gasteiger partial charge in [-0.3, -0.25) is 0 Å². The second kappa shape index (κ2) is 5.23. The molecule has 0 bridgehead atoms. The van der Waals surface area contributed by atoms with Gasteiger partial charge in [-0.15, -0.1) is 0 Å². The topological polar surface area (TPSA) is 3.24 Å². The maximum Gasteiger partial charge on any atom is 0.176 e. The van der Waals surface area contributed by atoms with Crippen LogP contribution in [0.3, 0.4) is 0 Å². The summed E-state index contributed by atoms with van der Waals surface area (Å²) in [7, 11) is 4.11. The zero-order valence-corrected chi connectivity index (χ0v) is 14.9. The molecule has 1 aliphatic heterocycles. The number of hydrogen-bond donors (Lipinski definition) is 0. The zero-order valence-electron chi connectivity index (χ0n) is 14.9. The van der Waals surface area contributed by atoms with Crippen LogP contribution in [0.15, 0.2) is 24.8 Å². The summed E-state index contributed by atoms with van der Waals surface area (Å²) in [5.41, 5.74) is 6.02. The van der Waals surface area contributed by atoms with Crippen LogP contribution in [0.4, 0.5) is 0 Å². The minimum Gasteiger partial charge on any atom is -0.378 e. The van der Waals surface area contributed by atoms with Gasteiger partial charge in [-0.2, -0.15) is 0 Å². The van der Waals surface area contributed by atoms with E-state index in [9.17, 15) is 0 Å². The second-order valence-electron chi connectivity index (χ2n) is 8.29. The fraction of sp³-hybridized carbons (Fsp3) is 0.579. The van der Waals surface area contributed by atoms with Gasteiger partial charge in [0.25, 0.3) is 0 Å². The van der Waals surface area contributed by atoms with Crippen LogP contribution in [0.25, 0.3) is 5.70 Å². The summed E-state index contributed by atoms with van der Waals surface area (Å²) in [6, 6.07) is 6.96. The van der Waals surface area contributed by atoms with Crippen molar-refractivity contribution < 1.29 is 0 Å². The van der Waals surface area contributed by atoms with E-state index in [1.54, 1.807) is 0 Å². The van der Waals surface area contributed by atoms with Crippen molar-refractivity contribution in [1.29, 1.82) is 0 Å². The van der Waals surface area contributed by atoms with Crippen molar-refractivity contribution in [1.82, 2.24) is 4.90 Å². The highest BCUT2D eigenvalue weighted by Crippen LogP contribution is 2.52. The Bertz CT molecular complexity index is 539. The lowest BCUT2D eigenvalue weighted by atomic mass is 9.42. The van der Waals surface area contributed by atoms with Crippen molar-refractivity contribution in [2.45, 2.75) is 47.3 Å². The van der Waals surface area contributed by atoms with Crippen LogP contribution < -0.4 is 5.46 Å². The van der Waals surface area contributed by atoms with E-state index >= 15 is 0 Å². The highest BCUT2D eigenvalue weighted by Gasteiger charge is 2.47. The number of aryl methyl sites for hydroxylation is 1. The third kappa shape index (κ3) is 2.91. The fourth-order valence-electron chi connectivity index (χ4n) is 3.60. The van der Waals surface area contributed by atoms with E-state index in [1.165, 1.54) is 29.2 Å². The summed E-state index contributed by atoms with van der Waals surface area (Å²) in [6.07, 6.45) is 2.57. The Hall–Kier alpha value is -1.18. The molecule has 1 saturated heterocycles. The molecular formula is C19H30BN. The van der Waals surface area contributed by atoms with Crippen molar-refractivity contribution in [3.8, 4) is 0 Å². The van der Waals surface area contributed by atoms with Gasteiger partial charge in [0.15, 0.2) is 6.71 Å². The summed E-state index contributed by atoms with van der Waals surface area (Å²) in [4.78, 5) is 2.09. The van der Waals surface area contributed by atoms with Gasteiger partial charge in [0.2, 0.25) is 0 Å². The SMILES string of the molecule is C=C(c1ccc(B2CC(C)(C)C(C)(C)C2)cc1C)N(C)C. The smallest absolute Gasteiger partial charge is 0.176 e. The fourth-order valence-corrected chi connectivity index (χ4v) is 3.60. The van der Waals surface area contributed by atoms with E-state index in [0.29, 0.717) is 17.5 Å². The molecule has 0 amide bonds. The van der Waals surface area contributed by atoms with Gasteiger partial charge >= 0.3 is 0 Å². The molecule has 1 fully saturated rings. The Morgan fingerprint density at radius 2 is 1.62 bits per heavy atom. The molecule has 0 spiro atoms. The molecule has 0 aliphatic carbocycles. The van der Waals surface area contributed by atoms with Gasteiger partial charge in [-0.05, 0) is 23.3 Å². The Morgan fingerprint density at radius 1 is 1.10 bits per heavy atom. The van der Waals surface area contributed by atoms with Crippen LogP contribution in [0, 0.1) is 17.8 Å². The average Bonchev–Trinajstić information content (AvgIpc) is 2.57. The van der Waals surface area contributed by atoms with Crippen LogP contribution in [-0.2, 0) is 0 Å². The minimum absolute atomic E-state index is 0.414. The Balaban J connectivity index is 2.28. The Kier molecular flexibility index (Phi) is 4.03. The van der Waals surface area contributed by atoms with Crippen molar-refractivity contribution in [3.05, 3.63) is 35.9 Å². The molecule has 1 aromatic rings. The van der Waals surface area contributed by atoms with Gasteiger partial charge in [-0.1, -0.05) is 70.6 Å². The predicted octanol–water partition coefficient (Wildman–Crippen LogP) is 4.30. The van der Waals surface area contributed by atoms with E-state index in [2.05, 4.69) is 78.4 Å². The average molecular weight is 283 g/mol. The van der Waals surface area contributed by atoms with Gasteiger partial charge in [0.1, 0.15) is 0 Å². The highest BCUT2D eigenvalue weighted by atomic mass is 15.1. The van der Waals surface area contributed by atoms with Crippen molar-refractivity contribution >= 4 is 17.9 Å². The molecule has 0 N–H and O–H groups in total. The van der Waals surface area contributed by atoms with E-state index in [0.717, 1.165) is 5.70 Å². The van der Waals surface area contributed by atoms with Crippen LogP contribution >= 0.6 is 0 Å². The number of hydrogen-bond acceptors (Lipinski definition) is 1. The first-order chi connectivity index (χ1) is 9.55. The summed E-state index contributed by atoms with van der Waals surface area (Å²) in [5.74, 6) is 0. The molecular weight excluding hydrogens is 253 g/mol. The molecule has 1 aromatic carbocycles. The molecule has 0 aromatic heterocycles. The van der Waals surface area contributed by atoms with E-state index in [-0.39, 0.29) is 0 Å². The normalized spacial score (nSPS) is 19.7. The van der Waals surface area contributed by atoms with Crippen LogP contribution in [0.1, 0.15) is 38.8 Å². The maximum atomic E-state index is 4.18. The van der Waals surface area contributed by atoms with Crippen LogP contribution in [-0.4, -0.2) is 25.7 Å². The lowest BCUT2D eigenvalue weighted by Crippen LogP contribution is -2.28. The Morgan fingerprint density at radius 3 is 2.05 bits per heavy atom. The number of benzene rings is 1. The number of nitrogens with zero attached hydrogens (tertiary/aromatic N) is 1. The quantitative estimate of drug-likeness (QED) is 0.748. The molecule has 1 nitrogen and oxygen atoms in total. The van der Waals surface area contributed by atoms with Gasteiger partial charge in [0.05, 0.1) is 0 Å². The summed E-state index contributed by atoms with van der Waals surface area (Å²) >= 11 is 0. The number of rotatable bonds is 3. The third-order valence-corrected chi connectivity index (χ3v) is 5.92. The standard InChI is InChI=1S/C19H30BN/c1-14-11-16(9-10-17(14)15(2)21(7)8)20-12-18(3,4)19(5,6)13-20/h9-11H,2,12-13H2,1,3-8H3. The Labute approximate surface area is 131 Å². The van der Waals surface area contributed by atoms with Gasteiger partial charge in [0, 0.05) is 25.4 Å². The molecule has 114 valence electrons. The molecule has 0 unspecified atom stereocenters. The zero-order chi connectivity index (χ0) is 16.0. The van der Waals surface area contributed by atoms with E-state index in [1.807, 2.05) is 0 Å². The lowest BCUT2D eigenvalue weighted by molar-refractivity contribution is 0.177. The van der Waals surface area contributed by atoms with E-state index < -0.39 is 0 Å². The first-order valence-electron chi connectivity index (χ1n) is 8.02. The van der Waals surface area contributed by atoms with Gasteiger partial charge < -0.3 is 4.90 Å². The molecule has 21 heavy (non-hydrogen) atoms. The lowest BCUT2D eigenvalue weighted by Gasteiger charge is -2.35. The minimum atomic E-state index is 0.414. The van der Waals surface area contributed by atoms with Gasteiger partial charge in [-0.25, -0.2) is 0 Å². The maximum absolute atomic E-state index is 4.18. The van der Waals surface area contributed by atoms with Crippen molar-refractivity contribution in [3.63, 3.8) is 0 Å². The van der Waals surface area contributed by atoms with Crippen LogP contribution in [0.5, 0.6) is 0 Å². The summed E-state index contributed by atoms with van der Waals surface area (Å²) in [6.45, 7) is 16.8. The first kappa shape index (κ1) is 16.2. The monoisotopic (exact) mass is 283 g/mol. The molecule has 0 saturated carbocycles. The molecule has 0 radical (unpaired) electrons. The second-order valence-corrected chi connectivity index (χ2v) is 8.29. The molecule has 0 atom stereocenters. The summed E-state index contributed by atoms with van der Waals surface area (Å²) in [5, 5.41) is 0. The van der Waals surface area contributed by atoms with Crippen molar-refractivity contribution in [2.75, 3.05) is 14.1 Å². The van der Waals surface area contributed by atoms with E-state index in [4.69, 9.17) is 0 Å². The first-order valence-corrected chi connectivity index (χ1v) is 8.02. The molecule has 1 aliphatic rings. The molecule has 1 heterocycles. The van der Waals surface area contributed by atoms with Crippen molar-refractivity contribution in [2.24, 2.45) is 10.8 Å². The summed E-state index contributed by atoms with van der Waals surface area (Å²) < 4.78 is 0. The van der Waals surface area contributed by atoms with Crippen LogP contribution in [0.2, 0.25) is 12.6 Å². The largest absolute Gasteiger partial charge is 0.378 e. The highest BCUT2D eigenvalue weighted by molar-refractivity contribution is 6.74. The third-order valence-electron chi connectivity index (χ3n) is 5.92. The predicted molar refractivity (Wildman–Crippen MR) is 96.5 cm³/mol. The molecule has 2 heteroatoms. The molecule has 2 rings (SSSR count).